The molecule has 1 N–H and O–H groups in total. The average Bonchev–Trinajstić information content (AvgIpc) is 2.67. The summed E-state index contributed by atoms with van der Waals surface area (Å²) in [6.45, 7) is 5.84. The minimum Gasteiger partial charge on any atom is -0.385 e. The molecular formula is C10H16O. The van der Waals surface area contributed by atoms with E-state index in [1.54, 1.807) is 0 Å². The van der Waals surface area contributed by atoms with Crippen molar-refractivity contribution in [2.24, 2.45) is 11.8 Å². The van der Waals surface area contributed by atoms with Crippen molar-refractivity contribution in [3.05, 3.63) is 12.2 Å². The number of aliphatic hydroxyl groups is 1. The van der Waals surface area contributed by atoms with E-state index in [2.05, 4.69) is 6.58 Å². The molecule has 3 unspecified atom stereocenters. The minimum atomic E-state index is -0.483. The summed E-state index contributed by atoms with van der Waals surface area (Å²) >= 11 is 0. The van der Waals surface area contributed by atoms with E-state index in [-0.39, 0.29) is 0 Å². The second-order valence-electron chi connectivity index (χ2n) is 4.20. The van der Waals surface area contributed by atoms with E-state index in [1.807, 2.05) is 6.92 Å². The highest BCUT2D eigenvalue weighted by atomic mass is 16.3. The zero-order valence-corrected chi connectivity index (χ0v) is 7.14. The van der Waals surface area contributed by atoms with E-state index in [0.717, 1.165) is 17.9 Å². The third kappa shape index (κ3) is 0.943. The van der Waals surface area contributed by atoms with E-state index in [9.17, 15) is 5.11 Å². The van der Waals surface area contributed by atoms with Gasteiger partial charge in [0.1, 0.15) is 0 Å². The molecule has 0 saturated heterocycles. The van der Waals surface area contributed by atoms with Gasteiger partial charge in [0.2, 0.25) is 0 Å². The van der Waals surface area contributed by atoms with Crippen LogP contribution in [0.2, 0.25) is 0 Å². The molecule has 2 aliphatic rings. The summed E-state index contributed by atoms with van der Waals surface area (Å²) in [5.74, 6) is 1.39. The molecule has 0 aromatic carbocycles. The fourth-order valence-electron chi connectivity index (χ4n) is 2.50. The van der Waals surface area contributed by atoms with E-state index >= 15 is 0 Å². The molecule has 0 amide bonds. The first-order valence-corrected chi connectivity index (χ1v) is 4.53. The van der Waals surface area contributed by atoms with E-state index in [4.69, 9.17) is 0 Å². The van der Waals surface area contributed by atoms with Gasteiger partial charge in [-0.25, -0.2) is 0 Å². The first kappa shape index (κ1) is 7.35. The van der Waals surface area contributed by atoms with Crippen LogP contribution >= 0.6 is 0 Å². The lowest BCUT2D eigenvalue weighted by atomic mass is 9.80. The van der Waals surface area contributed by atoms with Crippen LogP contribution in [0, 0.1) is 11.8 Å². The lowest BCUT2D eigenvalue weighted by Crippen LogP contribution is -2.35. The van der Waals surface area contributed by atoms with Crippen molar-refractivity contribution in [3.63, 3.8) is 0 Å². The van der Waals surface area contributed by atoms with Gasteiger partial charge in [-0.05, 0) is 50.0 Å². The van der Waals surface area contributed by atoms with Crippen molar-refractivity contribution in [2.45, 2.75) is 38.2 Å². The molecule has 2 rings (SSSR count). The average molecular weight is 152 g/mol. The van der Waals surface area contributed by atoms with Gasteiger partial charge in [-0.15, -0.1) is 0 Å². The Morgan fingerprint density at radius 2 is 2.36 bits per heavy atom. The number of hydrogen-bond acceptors (Lipinski definition) is 1. The summed E-state index contributed by atoms with van der Waals surface area (Å²) in [7, 11) is 0. The van der Waals surface area contributed by atoms with Gasteiger partial charge in [-0.3, -0.25) is 0 Å². The van der Waals surface area contributed by atoms with Crippen LogP contribution in [-0.2, 0) is 0 Å². The molecule has 0 bridgehead atoms. The summed E-state index contributed by atoms with van der Waals surface area (Å²) < 4.78 is 0. The van der Waals surface area contributed by atoms with Crippen molar-refractivity contribution in [1.82, 2.24) is 0 Å². The maximum atomic E-state index is 10.2. The Bertz CT molecular complexity index is 197. The third-order valence-corrected chi connectivity index (χ3v) is 3.41. The maximum Gasteiger partial charge on any atom is 0.0882 e. The fourth-order valence-corrected chi connectivity index (χ4v) is 2.50. The van der Waals surface area contributed by atoms with E-state index in [1.165, 1.54) is 19.3 Å². The summed E-state index contributed by atoms with van der Waals surface area (Å²) in [5, 5.41) is 10.2. The predicted molar refractivity (Wildman–Crippen MR) is 45.2 cm³/mol. The molecule has 0 heterocycles. The monoisotopic (exact) mass is 152 g/mol. The first-order valence-electron chi connectivity index (χ1n) is 4.53. The molecule has 3 atom stereocenters. The minimum absolute atomic E-state index is 0.483. The Kier molecular flexibility index (Phi) is 1.40. The standard InChI is InChI=1S/C10H16O/c1-7(2)10(11)5-3-4-8-6-9(8)10/h8-9,11H,1,3-6H2,2H3. The van der Waals surface area contributed by atoms with Crippen LogP contribution in [-0.4, -0.2) is 10.7 Å². The lowest BCUT2D eigenvalue weighted by molar-refractivity contribution is 0.0252. The molecule has 0 radical (unpaired) electrons. The fraction of sp³-hybridized carbons (Fsp3) is 0.800. The molecule has 1 heteroatoms. The van der Waals surface area contributed by atoms with Crippen LogP contribution in [0.1, 0.15) is 32.6 Å². The quantitative estimate of drug-likeness (QED) is 0.570. The molecule has 2 aliphatic carbocycles. The summed E-state index contributed by atoms with van der Waals surface area (Å²) in [4.78, 5) is 0. The van der Waals surface area contributed by atoms with Gasteiger partial charge in [0, 0.05) is 0 Å². The highest BCUT2D eigenvalue weighted by molar-refractivity contribution is 5.19. The summed E-state index contributed by atoms with van der Waals surface area (Å²) in [6, 6.07) is 0. The Morgan fingerprint density at radius 1 is 1.64 bits per heavy atom. The molecule has 62 valence electrons. The van der Waals surface area contributed by atoms with Crippen molar-refractivity contribution in [3.8, 4) is 0 Å². The highest BCUT2D eigenvalue weighted by Crippen LogP contribution is 2.56. The Hall–Kier alpha value is -0.300. The van der Waals surface area contributed by atoms with Crippen LogP contribution in [0.25, 0.3) is 0 Å². The van der Waals surface area contributed by atoms with Crippen molar-refractivity contribution in [2.75, 3.05) is 0 Å². The molecular weight excluding hydrogens is 136 g/mol. The zero-order valence-electron chi connectivity index (χ0n) is 7.14. The van der Waals surface area contributed by atoms with Crippen molar-refractivity contribution >= 4 is 0 Å². The molecule has 0 spiro atoms. The first-order chi connectivity index (χ1) is 5.14. The van der Waals surface area contributed by atoms with Gasteiger partial charge in [-0.1, -0.05) is 6.58 Å². The molecule has 1 nitrogen and oxygen atoms in total. The second kappa shape index (κ2) is 2.10. The molecule has 0 aliphatic heterocycles. The number of hydrogen-bond donors (Lipinski definition) is 1. The molecule has 2 fully saturated rings. The summed E-state index contributed by atoms with van der Waals surface area (Å²) in [6.07, 6.45) is 4.71. The van der Waals surface area contributed by atoms with Crippen molar-refractivity contribution < 1.29 is 5.11 Å². The van der Waals surface area contributed by atoms with Crippen LogP contribution in [0.5, 0.6) is 0 Å². The SMILES string of the molecule is C=C(C)C1(O)CCCC2CC21. The van der Waals surface area contributed by atoms with Gasteiger partial charge >= 0.3 is 0 Å². The zero-order chi connectivity index (χ0) is 8.06. The Labute approximate surface area is 68.1 Å². The van der Waals surface area contributed by atoms with Gasteiger partial charge in [0.05, 0.1) is 5.60 Å². The van der Waals surface area contributed by atoms with Crippen LogP contribution in [0.15, 0.2) is 12.2 Å². The Balaban J connectivity index is 2.17. The lowest BCUT2D eigenvalue weighted by Gasteiger charge is -2.32. The van der Waals surface area contributed by atoms with Crippen molar-refractivity contribution in [1.29, 1.82) is 0 Å². The van der Waals surface area contributed by atoms with Gasteiger partial charge in [0.25, 0.3) is 0 Å². The van der Waals surface area contributed by atoms with E-state index < -0.39 is 5.60 Å². The summed E-state index contributed by atoms with van der Waals surface area (Å²) in [5.41, 5.74) is 0.493. The van der Waals surface area contributed by atoms with E-state index in [0.29, 0.717) is 5.92 Å². The Morgan fingerprint density at radius 3 is 2.91 bits per heavy atom. The van der Waals surface area contributed by atoms with Crippen LogP contribution in [0.3, 0.4) is 0 Å². The predicted octanol–water partition coefficient (Wildman–Crippen LogP) is 2.11. The molecule has 11 heavy (non-hydrogen) atoms. The second-order valence-corrected chi connectivity index (χ2v) is 4.20. The third-order valence-electron chi connectivity index (χ3n) is 3.41. The normalized spacial score (nSPS) is 48.2. The largest absolute Gasteiger partial charge is 0.385 e. The van der Waals surface area contributed by atoms with Gasteiger partial charge < -0.3 is 5.11 Å². The van der Waals surface area contributed by atoms with Crippen LogP contribution in [0.4, 0.5) is 0 Å². The topological polar surface area (TPSA) is 20.2 Å². The molecule has 0 aromatic heterocycles. The number of rotatable bonds is 1. The van der Waals surface area contributed by atoms with Gasteiger partial charge in [-0.2, -0.15) is 0 Å². The smallest absolute Gasteiger partial charge is 0.0882 e. The van der Waals surface area contributed by atoms with Gasteiger partial charge in [0.15, 0.2) is 0 Å². The highest BCUT2D eigenvalue weighted by Gasteiger charge is 2.54. The maximum absolute atomic E-state index is 10.2. The molecule has 2 saturated carbocycles. The number of fused-ring (bicyclic) bond motifs is 1. The molecule has 0 aromatic rings. The van der Waals surface area contributed by atoms with Crippen LogP contribution < -0.4 is 0 Å².